The van der Waals surface area contributed by atoms with Crippen LogP contribution in [0.5, 0.6) is 5.75 Å². The van der Waals surface area contributed by atoms with Crippen LogP contribution in [0, 0.1) is 0 Å². The van der Waals surface area contributed by atoms with Crippen LogP contribution in [0.15, 0.2) is 97.3 Å². The second kappa shape index (κ2) is 14.1. The molecule has 2 amide bonds. The van der Waals surface area contributed by atoms with Crippen LogP contribution >= 0.6 is 11.6 Å². The van der Waals surface area contributed by atoms with Gasteiger partial charge < -0.3 is 25.6 Å². The summed E-state index contributed by atoms with van der Waals surface area (Å²) >= 11 is 6.55. The molecule has 3 N–H and O–H groups in total. The highest BCUT2D eigenvalue weighted by Gasteiger charge is 2.14. The van der Waals surface area contributed by atoms with Crippen molar-refractivity contribution in [2.75, 3.05) is 36.6 Å². The third-order valence-corrected chi connectivity index (χ3v) is 6.78. The van der Waals surface area contributed by atoms with Gasteiger partial charge in [0.15, 0.2) is 5.82 Å². The zero-order chi connectivity index (χ0) is 31.9. The van der Waals surface area contributed by atoms with E-state index in [-0.39, 0.29) is 17.9 Å². The Morgan fingerprint density at radius 2 is 1.71 bits per heavy atom. The Balaban J connectivity index is 1.29. The fourth-order valence-corrected chi connectivity index (χ4v) is 4.75. The quantitative estimate of drug-likeness (QED) is 0.137. The van der Waals surface area contributed by atoms with Gasteiger partial charge in [0.25, 0.3) is 5.91 Å². The summed E-state index contributed by atoms with van der Waals surface area (Å²) in [7, 11) is 3.84. The van der Waals surface area contributed by atoms with E-state index in [1.54, 1.807) is 54.7 Å². The van der Waals surface area contributed by atoms with Crippen molar-refractivity contribution in [2.24, 2.45) is 0 Å². The predicted molar refractivity (Wildman–Crippen MR) is 180 cm³/mol. The molecule has 0 fully saturated rings. The zero-order valence-corrected chi connectivity index (χ0v) is 26.2. The summed E-state index contributed by atoms with van der Waals surface area (Å²) < 4.78 is 7.87. The van der Waals surface area contributed by atoms with Gasteiger partial charge in [-0.15, -0.1) is 0 Å². The number of ether oxygens (including phenoxy) is 1. The summed E-state index contributed by atoms with van der Waals surface area (Å²) in [6.07, 6.45) is 6.72. The van der Waals surface area contributed by atoms with Gasteiger partial charge in [-0.1, -0.05) is 35.9 Å². The number of amides is 2. The molecule has 5 aromatic rings. The number of fused-ring (bicyclic) bond motifs is 1. The molecule has 0 unspecified atom stereocenters. The number of aromatic nitrogens is 3. The molecule has 0 saturated carbocycles. The summed E-state index contributed by atoms with van der Waals surface area (Å²) in [5.74, 6) is 1.04. The number of rotatable bonds is 11. The number of hydrogen-bond donors (Lipinski definition) is 3. The topological polar surface area (TPSA) is 113 Å². The largest absolute Gasteiger partial charge is 0.490 e. The minimum absolute atomic E-state index is 0.0384. The van der Waals surface area contributed by atoms with E-state index >= 15 is 0 Å². The van der Waals surface area contributed by atoms with Gasteiger partial charge in [-0.05, 0) is 82.5 Å². The molecule has 0 aliphatic heterocycles. The lowest BCUT2D eigenvalue weighted by Gasteiger charge is -2.13. The van der Waals surface area contributed by atoms with E-state index in [4.69, 9.17) is 16.3 Å². The standard InChI is InChI=1S/C34H34ClN7O3/c1-22(2)45-30-14-7-13-29-27(30)16-18-42(29)32-28(35)21-36-34(40-32)39-26-12-6-11-25(20-26)38-33(44)23-9-5-10-24(19-23)37-31(43)15-8-17-41(3)4/h5-16,18-22H,17H2,1-4H3,(H,37,43)(H,38,44)(H,36,39,40). The van der Waals surface area contributed by atoms with Gasteiger partial charge in [-0.2, -0.15) is 4.98 Å². The maximum atomic E-state index is 13.1. The van der Waals surface area contributed by atoms with Crippen molar-refractivity contribution in [3.05, 3.63) is 108 Å². The number of nitrogens with one attached hydrogen (secondary N) is 3. The molecule has 45 heavy (non-hydrogen) atoms. The van der Waals surface area contributed by atoms with Gasteiger partial charge in [0.05, 0.1) is 17.8 Å². The minimum Gasteiger partial charge on any atom is -0.490 e. The van der Waals surface area contributed by atoms with Crippen molar-refractivity contribution in [1.82, 2.24) is 19.4 Å². The molecule has 2 heterocycles. The average molecular weight is 624 g/mol. The molecule has 11 heteroatoms. The highest BCUT2D eigenvalue weighted by Crippen LogP contribution is 2.31. The molecule has 0 spiro atoms. The van der Waals surface area contributed by atoms with E-state index < -0.39 is 0 Å². The van der Waals surface area contributed by atoms with Crippen LogP contribution < -0.4 is 20.7 Å². The second-order valence-corrected chi connectivity index (χ2v) is 11.2. The molecule has 230 valence electrons. The lowest BCUT2D eigenvalue weighted by molar-refractivity contribution is -0.111. The molecule has 0 saturated heterocycles. The van der Waals surface area contributed by atoms with Crippen molar-refractivity contribution < 1.29 is 14.3 Å². The van der Waals surface area contributed by atoms with Crippen LogP contribution in [0.3, 0.4) is 0 Å². The van der Waals surface area contributed by atoms with E-state index in [0.29, 0.717) is 46.0 Å². The fraction of sp³-hybridized carbons (Fsp3) is 0.176. The van der Waals surface area contributed by atoms with Crippen molar-refractivity contribution in [1.29, 1.82) is 0 Å². The van der Waals surface area contributed by atoms with Gasteiger partial charge in [-0.3, -0.25) is 14.2 Å². The number of likely N-dealkylation sites (N-methyl/N-ethyl adjacent to an activating group) is 1. The maximum Gasteiger partial charge on any atom is 0.255 e. The number of carbonyl (C=O) groups is 2. The Hall–Kier alpha value is -5.19. The number of nitrogens with zero attached hydrogens (tertiary/aromatic N) is 4. The summed E-state index contributed by atoms with van der Waals surface area (Å²) in [6, 6.07) is 21.8. The molecule has 0 atom stereocenters. The van der Waals surface area contributed by atoms with Gasteiger partial charge in [0, 0.05) is 46.8 Å². The molecule has 3 aromatic carbocycles. The van der Waals surface area contributed by atoms with Gasteiger partial charge in [0.1, 0.15) is 10.8 Å². The number of halogens is 1. The van der Waals surface area contributed by atoms with Crippen molar-refractivity contribution in [3.63, 3.8) is 0 Å². The molecular formula is C34H34ClN7O3. The van der Waals surface area contributed by atoms with Gasteiger partial charge >= 0.3 is 0 Å². The number of benzene rings is 3. The Kier molecular flexibility index (Phi) is 9.76. The maximum absolute atomic E-state index is 13.1. The Bertz CT molecular complexity index is 1870. The summed E-state index contributed by atoms with van der Waals surface area (Å²) in [6.45, 7) is 4.62. The van der Waals surface area contributed by atoms with Crippen molar-refractivity contribution >= 4 is 57.3 Å². The molecule has 0 aliphatic carbocycles. The lowest BCUT2D eigenvalue weighted by Crippen LogP contribution is -2.14. The Morgan fingerprint density at radius 1 is 0.978 bits per heavy atom. The molecule has 5 rings (SSSR count). The zero-order valence-electron chi connectivity index (χ0n) is 25.4. The third kappa shape index (κ3) is 8.05. The molecular weight excluding hydrogens is 590 g/mol. The SMILES string of the molecule is CC(C)Oc1cccc2c1ccn2-c1nc(Nc2cccc(NC(=O)c3cccc(NC(=O)C=CCN(C)C)c3)c2)ncc1Cl. The summed E-state index contributed by atoms with van der Waals surface area (Å²) in [5, 5.41) is 10.2. The highest BCUT2D eigenvalue weighted by molar-refractivity contribution is 6.32. The van der Waals surface area contributed by atoms with Gasteiger partial charge in [-0.25, -0.2) is 4.98 Å². The van der Waals surface area contributed by atoms with Crippen LogP contribution in [0.1, 0.15) is 24.2 Å². The summed E-state index contributed by atoms with van der Waals surface area (Å²) in [4.78, 5) is 36.3. The molecule has 10 nitrogen and oxygen atoms in total. The predicted octanol–water partition coefficient (Wildman–Crippen LogP) is 6.91. The lowest BCUT2D eigenvalue weighted by atomic mass is 10.1. The van der Waals surface area contributed by atoms with E-state index in [0.717, 1.165) is 16.7 Å². The Morgan fingerprint density at radius 3 is 2.49 bits per heavy atom. The van der Waals surface area contributed by atoms with Crippen LogP contribution in [0.2, 0.25) is 5.02 Å². The third-order valence-electron chi connectivity index (χ3n) is 6.52. The van der Waals surface area contributed by atoms with Crippen molar-refractivity contribution in [3.8, 4) is 11.6 Å². The van der Waals surface area contributed by atoms with E-state index in [1.807, 2.05) is 73.9 Å². The van der Waals surface area contributed by atoms with Crippen LogP contribution in [0.25, 0.3) is 16.7 Å². The first-order valence-electron chi connectivity index (χ1n) is 14.4. The van der Waals surface area contributed by atoms with E-state index in [9.17, 15) is 9.59 Å². The van der Waals surface area contributed by atoms with E-state index in [2.05, 4.69) is 25.9 Å². The first-order valence-corrected chi connectivity index (χ1v) is 14.7. The van der Waals surface area contributed by atoms with Crippen LogP contribution in [-0.2, 0) is 4.79 Å². The van der Waals surface area contributed by atoms with Gasteiger partial charge in [0.2, 0.25) is 11.9 Å². The first kappa shape index (κ1) is 31.2. The second-order valence-electron chi connectivity index (χ2n) is 10.8. The monoisotopic (exact) mass is 623 g/mol. The van der Waals surface area contributed by atoms with E-state index in [1.165, 1.54) is 6.08 Å². The number of anilines is 4. The minimum atomic E-state index is -0.322. The molecule has 0 bridgehead atoms. The molecule has 0 aliphatic rings. The number of hydrogen-bond acceptors (Lipinski definition) is 7. The fourth-order valence-electron chi connectivity index (χ4n) is 4.57. The Labute approximate surface area is 266 Å². The highest BCUT2D eigenvalue weighted by atomic mass is 35.5. The molecule has 2 aromatic heterocycles. The summed E-state index contributed by atoms with van der Waals surface area (Å²) in [5.41, 5.74) is 3.04. The smallest absolute Gasteiger partial charge is 0.255 e. The van der Waals surface area contributed by atoms with Crippen LogP contribution in [0.4, 0.5) is 23.0 Å². The normalized spacial score (nSPS) is 11.4. The molecule has 0 radical (unpaired) electrons. The van der Waals surface area contributed by atoms with Crippen LogP contribution in [-0.4, -0.2) is 58.0 Å². The first-order chi connectivity index (χ1) is 21.7. The van der Waals surface area contributed by atoms with Crippen molar-refractivity contribution in [2.45, 2.75) is 20.0 Å². The average Bonchev–Trinajstić information content (AvgIpc) is 3.43. The number of carbonyl (C=O) groups excluding carboxylic acids is 2.